The van der Waals surface area contributed by atoms with Gasteiger partial charge in [0.05, 0.1) is 17.1 Å². The molecule has 3 rings (SSSR count). The lowest BCUT2D eigenvalue weighted by atomic mass is 10.1. The van der Waals surface area contributed by atoms with Gasteiger partial charge in [0.1, 0.15) is 28.7 Å². The first-order valence-corrected chi connectivity index (χ1v) is 12.2. The number of rotatable bonds is 8. The summed E-state index contributed by atoms with van der Waals surface area (Å²) in [6.07, 6.45) is 0. The van der Waals surface area contributed by atoms with E-state index in [4.69, 9.17) is 10.5 Å². The van der Waals surface area contributed by atoms with Crippen molar-refractivity contribution in [2.75, 3.05) is 30.8 Å². The van der Waals surface area contributed by atoms with Crippen molar-refractivity contribution in [3.05, 3.63) is 75.4 Å². The SMILES string of the molecule is CN(C)S(=O)(=O)N(C)c1cccc(Oc2cc(F)cc(Nc3ccc(I)cc3F)c2C(N)=O)c1. The molecule has 12 heteroatoms. The molecule has 0 radical (unpaired) electrons. The first-order chi connectivity index (χ1) is 15.9. The van der Waals surface area contributed by atoms with Gasteiger partial charge in [-0.1, -0.05) is 6.07 Å². The Bertz CT molecular complexity index is 1350. The molecule has 3 N–H and O–H groups in total. The predicted octanol–water partition coefficient (Wildman–Crippen LogP) is 4.45. The van der Waals surface area contributed by atoms with Crippen LogP contribution in [-0.4, -0.2) is 39.8 Å². The smallest absolute Gasteiger partial charge is 0.303 e. The first kappa shape index (κ1) is 25.6. The third-order valence-electron chi connectivity index (χ3n) is 4.73. The van der Waals surface area contributed by atoms with Crippen LogP contribution in [0.3, 0.4) is 0 Å². The van der Waals surface area contributed by atoms with Crippen molar-refractivity contribution in [2.24, 2.45) is 5.73 Å². The molecule has 3 aromatic carbocycles. The van der Waals surface area contributed by atoms with Gasteiger partial charge in [-0.15, -0.1) is 0 Å². The molecule has 180 valence electrons. The van der Waals surface area contributed by atoms with Crippen LogP contribution in [0.1, 0.15) is 10.4 Å². The fraction of sp³-hybridized carbons (Fsp3) is 0.136. The maximum Gasteiger partial charge on any atom is 0.303 e. The van der Waals surface area contributed by atoms with Crippen LogP contribution >= 0.6 is 22.6 Å². The molecule has 8 nitrogen and oxygen atoms in total. The third kappa shape index (κ3) is 5.56. The minimum Gasteiger partial charge on any atom is -0.456 e. The van der Waals surface area contributed by atoms with Crippen LogP contribution in [0.15, 0.2) is 54.6 Å². The summed E-state index contributed by atoms with van der Waals surface area (Å²) < 4.78 is 62.1. The summed E-state index contributed by atoms with van der Waals surface area (Å²) in [7, 11) is 0.383. The van der Waals surface area contributed by atoms with Crippen molar-refractivity contribution >= 4 is 55.8 Å². The largest absolute Gasteiger partial charge is 0.456 e. The summed E-state index contributed by atoms with van der Waals surface area (Å²) in [4.78, 5) is 12.2. The van der Waals surface area contributed by atoms with Crippen molar-refractivity contribution in [1.29, 1.82) is 0 Å². The van der Waals surface area contributed by atoms with E-state index >= 15 is 0 Å². The second kappa shape index (κ2) is 10.1. The van der Waals surface area contributed by atoms with Gasteiger partial charge in [-0.2, -0.15) is 12.7 Å². The van der Waals surface area contributed by atoms with E-state index in [-0.39, 0.29) is 34.1 Å². The minimum atomic E-state index is -3.77. The molecule has 0 spiro atoms. The van der Waals surface area contributed by atoms with Gasteiger partial charge in [-0.25, -0.2) is 8.78 Å². The third-order valence-corrected chi connectivity index (χ3v) is 7.23. The Labute approximate surface area is 209 Å². The predicted molar refractivity (Wildman–Crippen MR) is 135 cm³/mol. The van der Waals surface area contributed by atoms with Gasteiger partial charge in [-0.05, 0) is 59.0 Å². The van der Waals surface area contributed by atoms with E-state index in [1.165, 1.54) is 51.5 Å². The number of nitrogens with one attached hydrogen (secondary N) is 1. The molecule has 0 aliphatic heterocycles. The zero-order valence-electron chi connectivity index (χ0n) is 18.3. The van der Waals surface area contributed by atoms with Crippen molar-refractivity contribution in [2.45, 2.75) is 0 Å². The van der Waals surface area contributed by atoms with Crippen LogP contribution in [-0.2, 0) is 10.2 Å². The van der Waals surface area contributed by atoms with Crippen LogP contribution in [0.4, 0.5) is 25.8 Å². The van der Waals surface area contributed by atoms with Gasteiger partial charge in [0.15, 0.2) is 0 Å². The number of benzene rings is 3. The van der Waals surface area contributed by atoms with Crippen molar-refractivity contribution in [3.63, 3.8) is 0 Å². The number of hydrogen-bond donors (Lipinski definition) is 2. The van der Waals surface area contributed by atoms with E-state index in [9.17, 15) is 22.0 Å². The molecule has 0 fully saturated rings. The van der Waals surface area contributed by atoms with E-state index in [2.05, 4.69) is 5.32 Å². The Morgan fingerprint density at radius 2 is 1.74 bits per heavy atom. The van der Waals surface area contributed by atoms with Crippen LogP contribution in [0.25, 0.3) is 0 Å². The second-order valence-electron chi connectivity index (χ2n) is 7.30. The molecule has 1 amide bonds. The summed E-state index contributed by atoms with van der Waals surface area (Å²) in [5, 5.41) is 2.69. The molecule has 0 atom stereocenters. The van der Waals surface area contributed by atoms with E-state index < -0.39 is 27.8 Å². The Hall–Kier alpha value is -2.97. The Morgan fingerprint density at radius 1 is 1.03 bits per heavy atom. The summed E-state index contributed by atoms with van der Waals surface area (Å²) in [5.41, 5.74) is 5.51. The summed E-state index contributed by atoms with van der Waals surface area (Å²) in [6.45, 7) is 0. The number of primary amides is 1. The average Bonchev–Trinajstić information content (AvgIpc) is 2.74. The maximum absolute atomic E-state index is 14.4. The van der Waals surface area contributed by atoms with Gasteiger partial charge in [0.2, 0.25) is 0 Å². The number of nitrogens with two attached hydrogens (primary N) is 1. The molecule has 0 bridgehead atoms. The molecule has 0 heterocycles. The number of anilines is 3. The molecular formula is C22H21F2IN4O4S. The van der Waals surface area contributed by atoms with Crippen molar-refractivity contribution in [1.82, 2.24) is 4.31 Å². The van der Waals surface area contributed by atoms with Gasteiger partial charge >= 0.3 is 10.2 Å². The van der Waals surface area contributed by atoms with Gasteiger partial charge in [-0.3, -0.25) is 9.10 Å². The number of amides is 1. The topological polar surface area (TPSA) is 105 Å². The zero-order valence-corrected chi connectivity index (χ0v) is 21.3. The van der Waals surface area contributed by atoms with Crippen LogP contribution < -0.4 is 20.1 Å². The summed E-state index contributed by atoms with van der Waals surface area (Å²) in [6, 6.07) is 12.3. The van der Waals surface area contributed by atoms with E-state index in [1.807, 2.05) is 22.6 Å². The Balaban J connectivity index is 2.02. The van der Waals surface area contributed by atoms with Crippen LogP contribution in [0.5, 0.6) is 11.5 Å². The highest BCUT2D eigenvalue weighted by molar-refractivity contribution is 14.1. The Kier molecular flexibility index (Phi) is 7.63. The number of carbonyl (C=O) groups excluding carboxylic acids is 1. The second-order valence-corrected chi connectivity index (χ2v) is 10.7. The highest BCUT2D eigenvalue weighted by Gasteiger charge is 2.23. The number of carbonyl (C=O) groups is 1. The minimum absolute atomic E-state index is 0.0111. The lowest BCUT2D eigenvalue weighted by Gasteiger charge is -2.23. The van der Waals surface area contributed by atoms with E-state index in [1.54, 1.807) is 12.1 Å². The molecule has 0 saturated heterocycles. The molecule has 0 aromatic heterocycles. The Morgan fingerprint density at radius 3 is 2.35 bits per heavy atom. The fourth-order valence-corrected chi connectivity index (χ4v) is 4.32. The first-order valence-electron chi connectivity index (χ1n) is 9.70. The molecule has 3 aromatic rings. The number of ether oxygens (including phenoxy) is 1. The van der Waals surface area contributed by atoms with Crippen LogP contribution in [0.2, 0.25) is 0 Å². The summed E-state index contributed by atoms with van der Waals surface area (Å²) >= 11 is 1.94. The maximum atomic E-state index is 14.4. The zero-order chi connectivity index (χ0) is 25.2. The highest BCUT2D eigenvalue weighted by atomic mass is 127. The molecule has 0 saturated carbocycles. The molecule has 0 unspecified atom stereocenters. The van der Waals surface area contributed by atoms with Crippen LogP contribution in [0, 0.1) is 15.2 Å². The molecule has 34 heavy (non-hydrogen) atoms. The van der Waals surface area contributed by atoms with E-state index in [0.717, 1.165) is 20.7 Å². The van der Waals surface area contributed by atoms with Crippen molar-refractivity contribution in [3.8, 4) is 11.5 Å². The van der Waals surface area contributed by atoms with Crippen molar-refractivity contribution < 1.29 is 26.7 Å². The normalized spacial score (nSPS) is 11.4. The van der Waals surface area contributed by atoms with Gasteiger partial charge in [0, 0.05) is 36.8 Å². The quantitative estimate of drug-likeness (QED) is 0.371. The monoisotopic (exact) mass is 602 g/mol. The lowest BCUT2D eigenvalue weighted by Crippen LogP contribution is -2.37. The standard InChI is InChI=1S/C22H21F2IN4O4S/c1-28(2)34(31,32)29(3)15-5-4-6-16(12-15)33-20-10-13(23)9-19(21(20)22(26)30)27-18-8-7-14(25)11-17(18)24/h4-12,27H,1-3H3,(H2,26,30). The summed E-state index contributed by atoms with van der Waals surface area (Å²) in [5.74, 6) is -2.41. The fourth-order valence-electron chi connectivity index (χ4n) is 3.00. The average molecular weight is 602 g/mol. The number of hydrogen-bond acceptors (Lipinski definition) is 5. The molecule has 0 aliphatic carbocycles. The number of halogens is 3. The number of nitrogens with zero attached hydrogens (tertiary/aromatic N) is 2. The van der Waals surface area contributed by atoms with E-state index in [0.29, 0.717) is 3.57 Å². The lowest BCUT2D eigenvalue weighted by molar-refractivity contribution is 0.0999. The molecular weight excluding hydrogens is 581 g/mol. The van der Waals surface area contributed by atoms with Gasteiger partial charge in [0.25, 0.3) is 5.91 Å². The van der Waals surface area contributed by atoms with Gasteiger partial charge < -0.3 is 15.8 Å². The molecule has 0 aliphatic rings. The highest BCUT2D eigenvalue weighted by Crippen LogP contribution is 2.35.